The van der Waals surface area contributed by atoms with Crippen LogP contribution in [0.15, 0.2) is 41.5 Å². The maximum Gasteiger partial charge on any atom is 0.193 e. The summed E-state index contributed by atoms with van der Waals surface area (Å²) in [4.78, 5) is 16.8. The van der Waals surface area contributed by atoms with Crippen molar-refractivity contribution in [1.29, 1.82) is 0 Å². The van der Waals surface area contributed by atoms with Gasteiger partial charge in [0, 0.05) is 27.2 Å². The van der Waals surface area contributed by atoms with Gasteiger partial charge in [-0.3, -0.25) is 4.99 Å². The third kappa shape index (κ3) is 5.44. The van der Waals surface area contributed by atoms with Crippen molar-refractivity contribution >= 4 is 29.9 Å². The fourth-order valence-corrected chi connectivity index (χ4v) is 3.32. The molecule has 26 heavy (non-hydrogen) atoms. The summed E-state index contributed by atoms with van der Waals surface area (Å²) in [7, 11) is 6.06. The van der Waals surface area contributed by atoms with Crippen LogP contribution in [0.2, 0.25) is 0 Å². The third-order valence-corrected chi connectivity index (χ3v) is 4.71. The Bertz CT molecular complexity index is 699. The quantitative estimate of drug-likeness (QED) is 0.403. The van der Waals surface area contributed by atoms with Crippen molar-refractivity contribution in [2.45, 2.75) is 13.0 Å². The van der Waals surface area contributed by atoms with E-state index in [1.807, 2.05) is 38.5 Å². The van der Waals surface area contributed by atoms with Crippen LogP contribution >= 0.6 is 24.0 Å². The number of nitrogens with zero attached hydrogens (tertiary/aromatic N) is 4. The summed E-state index contributed by atoms with van der Waals surface area (Å²) in [6, 6.07) is 10.3. The molecule has 1 unspecified atom stereocenters. The molecule has 0 saturated carbocycles. The fraction of sp³-hybridized carbons (Fsp3) is 0.474. The summed E-state index contributed by atoms with van der Waals surface area (Å²) < 4.78 is 0. The largest absolute Gasteiger partial charge is 0.356 e. The van der Waals surface area contributed by atoms with Crippen molar-refractivity contribution in [3.63, 3.8) is 0 Å². The molecule has 7 heteroatoms. The summed E-state index contributed by atoms with van der Waals surface area (Å²) in [5, 5.41) is 3.50. The molecule has 6 nitrogen and oxygen atoms in total. The summed E-state index contributed by atoms with van der Waals surface area (Å²) in [5.41, 5.74) is 2.19. The first kappa shape index (κ1) is 20.7. The molecule has 1 aliphatic heterocycles. The zero-order valence-electron chi connectivity index (χ0n) is 15.8. The van der Waals surface area contributed by atoms with E-state index in [4.69, 9.17) is 0 Å². The second-order valence-electron chi connectivity index (χ2n) is 6.81. The third-order valence-electron chi connectivity index (χ3n) is 4.71. The van der Waals surface area contributed by atoms with Crippen LogP contribution in [0.3, 0.4) is 0 Å². The Hall–Kier alpha value is -1.61. The molecule has 2 heterocycles. The standard InChI is InChI=1S/C19H28N6.HI/c1-20-19(22-11-15-9-10-24(2)13-15)25(3)14-18-21-12-17(23-18)16-7-5-4-6-8-16;/h4-8,12,15H,9-11,13-14H2,1-3H3,(H,20,22)(H,21,23);1H. The topological polar surface area (TPSA) is 59.6 Å². The predicted molar refractivity (Wildman–Crippen MR) is 118 cm³/mol. The molecule has 1 aromatic heterocycles. The van der Waals surface area contributed by atoms with Gasteiger partial charge in [0.1, 0.15) is 5.82 Å². The van der Waals surface area contributed by atoms with Crippen LogP contribution in [0.4, 0.5) is 0 Å². The van der Waals surface area contributed by atoms with Crippen molar-refractivity contribution in [2.24, 2.45) is 10.9 Å². The minimum atomic E-state index is 0. The van der Waals surface area contributed by atoms with Crippen LogP contribution in [-0.2, 0) is 6.54 Å². The number of hydrogen-bond donors (Lipinski definition) is 2. The van der Waals surface area contributed by atoms with E-state index >= 15 is 0 Å². The lowest BCUT2D eigenvalue weighted by Crippen LogP contribution is -2.41. The minimum absolute atomic E-state index is 0. The van der Waals surface area contributed by atoms with Gasteiger partial charge in [-0.15, -0.1) is 24.0 Å². The zero-order chi connectivity index (χ0) is 17.6. The molecule has 0 amide bonds. The number of nitrogens with one attached hydrogen (secondary N) is 2. The second kappa shape index (κ2) is 9.91. The first-order chi connectivity index (χ1) is 12.2. The number of rotatable bonds is 5. The van der Waals surface area contributed by atoms with Crippen molar-refractivity contribution in [2.75, 3.05) is 40.8 Å². The number of imidazole rings is 1. The van der Waals surface area contributed by atoms with E-state index in [0.29, 0.717) is 12.5 Å². The molecule has 1 saturated heterocycles. The second-order valence-corrected chi connectivity index (χ2v) is 6.81. The van der Waals surface area contributed by atoms with Crippen LogP contribution in [0.1, 0.15) is 12.2 Å². The van der Waals surface area contributed by atoms with Crippen molar-refractivity contribution in [3.8, 4) is 11.3 Å². The van der Waals surface area contributed by atoms with Crippen LogP contribution in [-0.4, -0.2) is 66.5 Å². The molecule has 1 aromatic carbocycles. The van der Waals surface area contributed by atoms with E-state index in [1.165, 1.54) is 13.0 Å². The smallest absolute Gasteiger partial charge is 0.193 e. The summed E-state index contributed by atoms with van der Waals surface area (Å²) >= 11 is 0. The van der Waals surface area contributed by atoms with Gasteiger partial charge in [-0.05, 0) is 31.5 Å². The summed E-state index contributed by atoms with van der Waals surface area (Å²) in [6.07, 6.45) is 3.14. The Morgan fingerprint density at radius 2 is 2.15 bits per heavy atom. The molecule has 1 atom stereocenters. The Kier molecular flexibility index (Phi) is 7.89. The highest BCUT2D eigenvalue weighted by molar-refractivity contribution is 14.0. The number of H-pyrrole nitrogens is 1. The van der Waals surface area contributed by atoms with Gasteiger partial charge in [0.05, 0.1) is 18.4 Å². The van der Waals surface area contributed by atoms with Gasteiger partial charge < -0.3 is 20.1 Å². The molecule has 0 aliphatic carbocycles. The highest BCUT2D eigenvalue weighted by Crippen LogP contribution is 2.16. The van der Waals surface area contributed by atoms with Gasteiger partial charge in [-0.2, -0.15) is 0 Å². The average molecular weight is 468 g/mol. The van der Waals surface area contributed by atoms with Crippen LogP contribution in [0, 0.1) is 5.92 Å². The number of aromatic amines is 1. The maximum atomic E-state index is 4.51. The van der Waals surface area contributed by atoms with Crippen LogP contribution in [0.5, 0.6) is 0 Å². The molecule has 1 fully saturated rings. The molecule has 0 bridgehead atoms. The Balaban J connectivity index is 0.00000243. The first-order valence-electron chi connectivity index (χ1n) is 8.85. The van der Waals surface area contributed by atoms with Gasteiger partial charge >= 0.3 is 0 Å². The van der Waals surface area contributed by atoms with E-state index in [2.05, 4.69) is 49.3 Å². The molecular formula is C19H29IN6. The number of halogens is 1. The fourth-order valence-electron chi connectivity index (χ4n) is 3.32. The maximum absolute atomic E-state index is 4.51. The zero-order valence-corrected chi connectivity index (χ0v) is 18.1. The number of hydrogen-bond acceptors (Lipinski definition) is 3. The van der Waals surface area contributed by atoms with Crippen LogP contribution < -0.4 is 5.32 Å². The molecule has 1 aliphatic rings. The number of likely N-dealkylation sites (tertiary alicyclic amines) is 1. The van der Waals surface area contributed by atoms with Crippen molar-refractivity contribution in [3.05, 3.63) is 42.4 Å². The molecule has 0 radical (unpaired) electrons. The van der Waals surface area contributed by atoms with E-state index in [9.17, 15) is 0 Å². The molecule has 2 aromatic rings. The van der Waals surface area contributed by atoms with Gasteiger partial charge in [0.25, 0.3) is 0 Å². The minimum Gasteiger partial charge on any atom is -0.356 e. The van der Waals surface area contributed by atoms with E-state index in [0.717, 1.165) is 36.1 Å². The molecule has 2 N–H and O–H groups in total. The van der Waals surface area contributed by atoms with Gasteiger partial charge in [0.2, 0.25) is 0 Å². The highest BCUT2D eigenvalue weighted by Gasteiger charge is 2.20. The number of guanidine groups is 1. The van der Waals surface area contributed by atoms with Crippen molar-refractivity contribution < 1.29 is 0 Å². The lowest BCUT2D eigenvalue weighted by molar-refractivity contribution is 0.390. The van der Waals surface area contributed by atoms with Crippen LogP contribution in [0.25, 0.3) is 11.3 Å². The Morgan fingerprint density at radius 1 is 1.38 bits per heavy atom. The molecule has 142 valence electrons. The first-order valence-corrected chi connectivity index (χ1v) is 8.85. The van der Waals surface area contributed by atoms with Crippen molar-refractivity contribution in [1.82, 2.24) is 25.1 Å². The highest BCUT2D eigenvalue weighted by atomic mass is 127. The number of aliphatic imine (C=N–C) groups is 1. The normalized spacial score (nSPS) is 17.8. The number of benzene rings is 1. The Morgan fingerprint density at radius 3 is 2.81 bits per heavy atom. The van der Waals surface area contributed by atoms with Gasteiger partial charge in [-0.1, -0.05) is 30.3 Å². The predicted octanol–water partition coefficient (Wildman–Crippen LogP) is 2.65. The average Bonchev–Trinajstić information content (AvgIpc) is 3.25. The lowest BCUT2D eigenvalue weighted by Gasteiger charge is -2.22. The molecule has 0 spiro atoms. The monoisotopic (exact) mass is 468 g/mol. The van der Waals surface area contributed by atoms with Gasteiger partial charge in [-0.25, -0.2) is 4.98 Å². The van der Waals surface area contributed by atoms with E-state index < -0.39 is 0 Å². The summed E-state index contributed by atoms with van der Waals surface area (Å²) in [5.74, 6) is 2.54. The molecule has 3 rings (SSSR count). The SMILES string of the molecule is CN=C(NCC1CCN(C)C1)N(C)Cc1ncc(-c2ccccc2)[nH]1.I. The van der Waals surface area contributed by atoms with Gasteiger partial charge in [0.15, 0.2) is 5.96 Å². The number of aromatic nitrogens is 2. The van der Waals surface area contributed by atoms with E-state index in [-0.39, 0.29) is 24.0 Å². The lowest BCUT2D eigenvalue weighted by atomic mass is 10.1. The molecular weight excluding hydrogens is 439 g/mol. The Labute approximate surface area is 173 Å². The van der Waals surface area contributed by atoms with E-state index in [1.54, 1.807) is 0 Å². The summed E-state index contributed by atoms with van der Waals surface area (Å²) in [6.45, 7) is 4.01.